The van der Waals surface area contributed by atoms with Gasteiger partial charge in [-0.05, 0) is 79.6 Å². The Morgan fingerprint density at radius 3 is 2.25 bits per heavy atom. The van der Waals surface area contributed by atoms with Crippen molar-refractivity contribution in [1.29, 1.82) is 0 Å². The molecule has 1 aliphatic heterocycles. The Labute approximate surface area is 208 Å². The highest BCUT2D eigenvalue weighted by Gasteiger charge is 2.40. The first-order valence-electron chi connectivity index (χ1n) is 10.6. The standard InChI is InChI=1S/C26H18ClF3N2O4/c1-14-6-11-20(12-15(14)2)36-25(35)16-7-9-18(10-8-16)31-22-21(27)23(33)32(24(22)34)19-5-3-4-17(13-19)26(28,29)30/h3-13,31H,1-2H3. The number of imide groups is 1. The first-order valence-corrected chi connectivity index (χ1v) is 11.0. The maximum atomic E-state index is 13.1. The summed E-state index contributed by atoms with van der Waals surface area (Å²) in [6.45, 7) is 3.84. The van der Waals surface area contributed by atoms with Crippen LogP contribution < -0.4 is 15.0 Å². The van der Waals surface area contributed by atoms with E-state index in [4.69, 9.17) is 16.3 Å². The van der Waals surface area contributed by atoms with Gasteiger partial charge in [-0.25, -0.2) is 9.69 Å². The van der Waals surface area contributed by atoms with Crippen molar-refractivity contribution in [2.75, 3.05) is 10.2 Å². The molecule has 0 aliphatic carbocycles. The fourth-order valence-electron chi connectivity index (χ4n) is 3.44. The average Bonchev–Trinajstić information content (AvgIpc) is 3.04. The first-order chi connectivity index (χ1) is 17.0. The van der Waals surface area contributed by atoms with Crippen LogP contribution in [0.15, 0.2) is 77.5 Å². The monoisotopic (exact) mass is 514 g/mol. The van der Waals surface area contributed by atoms with Crippen LogP contribution in [0.3, 0.4) is 0 Å². The first kappa shape index (κ1) is 25.0. The number of carbonyl (C=O) groups excluding carboxylic acids is 3. The van der Waals surface area contributed by atoms with E-state index < -0.39 is 34.6 Å². The molecular weight excluding hydrogens is 497 g/mol. The van der Waals surface area contributed by atoms with E-state index >= 15 is 0 Å². The van der Waals surface area contributed by atoms with Crippen LogP contribution in [0.1, 0.15) is 27.0 Å². The lowest BCUT2D eigenvalue weighted by Crippen LogP contribution is -2.32. The largest absolute Gasteiger partial charge is 0.423 e. The minimum atomic E-state index is -4.65. The lowest BCUT2D eigenvalue weighted by molar-refractivity contribution is -0.137. The van der Waals surface area contributed by atoms with Gasteiger partial charge in [0.2, 0.25) is 0 Å². The summed E-state index contributed by atoms with van der Waals surface area (Å²) < 4.78 is 44.6. The molecule has 10 heteroatoms. The zero-order valence-corrected chi connectivity index (χ0v) is 19.7. The zero-order chi connectivity index (χ0) is 26.2. The highest BCUT2D eigenvalue weighted by molar-refractivity contribution is 6.53. The van der Waals surface area contributed by atoms with Crippen molar-refractivity contribution in [2.24, 2.45) is 0 Å². The number of aryl methyl sites for hydroxylation is 2. The number of rotatable bonds is 5. The van der Waals surface area contributed by atoms with Crippen molar-refractivity contribution >= 4 is 40.8 Å². The maximum Gasteiger partial charge on any atom is 0.416 e. The molecule has 1 heterocycles. The Kier molecular flexibility index (Phi) is 6.60. The minimum Gasteiger partial charge on any atom is -0.423 e. The number of anilines is 2. The van der Waals surface area contributed by atoms with Gasteiger partial charge in [0.1, 0.15) is 16.5 Å². The van der Waals surface area contributed by atoms with Crippen molar-refractivity contribution in [3.63, 3.8) is 0 Å². The second kappa shape index (κ2) is 9.50. The topological polar surface area (TPSA) is 75.7 Å². The third-order valence-electron chi connectivity index (χ3n) is 5.54. The fraction of sp³-hybridized carbons (Fsp3) is 0.115. The highest BCUT2D eigenvalue weighted by Crippen LogP contribution is 2.35. The predicted octanol–water partition coefficient (Wildman–Crippen LogP) is 5.98. The number of amides is 2. The molecule has 0 saturated carbocycles. The average molecular weight is 515 g/mol. The number of nitrogens with zero attached hydrogens (tertiary/aromatic N) is 1. The second-order valence-corrected chi connectivity index (χ2v) is 8.40. The SMILES string of the molecule is Cc1ccc(OC(=O)c2ccc(NC3=C(Cl)C(=O)N(c4cccc(C(F)(F)F)c4)C3=O)cc2)cc1C. The number of carbonyl (C=O) groups is 3. The molecule has 0 fully saturated rings. The van der Waals surface area contributed by atoms with Crippen LogP contribution in [-0.2, 0) is 15.8 Å². The van der Waals surface area contributed by atoms with Crippen LogP contribution in [0.2, 0.25) is 0 Å². The normalized spacial score (nSPS) is 13.9. The molecule has 3 aromatic carbocycles. The third kappa shape index (κ3) is 4.96. The van der Waals surface area contributed by atoms with E-state index in [-0.39, 0.29) is 16.9 Å². The zero-order valence-electron chi connectivity index (χ0n) is 18.9. The number of hydrogen-bond acceptors (Lipinski definition) is 5. The van der Waals surface area contributed by atoms with Crippen LogP contribution in [0.5, 0.6) is 5.75 Å². The van der Waals surface area contributed by atoms with Gasteiger partial charge in [0.15, 0.2) is 0 Å². The van der Waals surface area contributed by atoms with Crippen molar-refractivity contribution in [3.05, 3.63) is 99.7 Å². The number of benzene rings is 3. The molecule has 0 unspecified atom stereocenters. The maximum absolute atomic E-state index is 13.1. The smallest absolute Gasteiger partial charge is 0.416 e. The van der Waals surface area contributed by atoms with Gasteiger partial charge in [-0.15, -0.1) is 0 Å². The molecular formula is C26H18ClF3N2O4. The number of esters is 1. The van der Waals surface area contributed by atoms with E-state index in [0.717, 1.165) is 23.3 Å². The Hall–Kier alpha value is -4.11. The van der Waals surface area contributed by atoms with Gasteiger partial charge in [-0.2, -0.15) is 13.2 Å². The van der Waals surface area contributed by atoms with Gasteiger partial charge >= 0.3 is 12.1 Å². The molecule has 184 valence electrons. The molecule has 0 atom stereocenters. The summed E-state index contributed by atoms with van der Waals surface area (Å²) in [4.78, 5) is 38.5. The van der Waals surface area contributed by atoms with E-state index in [0.29, 0.717) is 22.4 Å². The van der Waals surface area contributed by atoms with E-state index in [1.807, 2.05) is 19.9 Å². The molecule has 4 rings (SSSR count). The quantitative estimate of drug-likeness (QED) is 0.258. The summed E-state index contributed by atoms with van der Waals surface area (Å²) >= 11 is 6.05. The van der Waals surface area contributed by atoms with Gasteiger partial charge in [-0.1, -0.05) is 23.7 Å². The van der Waals surface area contributed by atoms with E-state index in [1.165, 1.54) is 30.3 Å². The molecule has 1 aliphatic rings. The Balaban J connectivity index is 1.49. The van der Waals surface area contributed by atoms with E-state index in [9.17, 15) is 27.6 Å². The van der Waals surface area contributed by atoms with Crippen molar-refractivity contribution in [2.45, 2.75) is 20.0 Å². The number of alkyl halides is 3. The molecule has 6 nitrogen and oxygen atoms in total. The number of nitrogens with one attached hydrogen (secondary N) is 1. The molecule has 3 aromatic rings. The molecule has 0 bridgehead atoms. The van der Waals surface area contributed by atoms with Crippen LogP contribution in [0.4, 0.5) is 24.5 Å². The number of ether oxygens (including phenoxy) is 1. The van der Waals surface area contributed by atoms with Gasteiger partial charge in [0.05, 0.1) is 16.8 Å². The predicted molar refractivity (Wildman–Crippen MR) is 128 cm³/mol. The van der Waals surface area contributed by atoms with Crippen LogP contribution >= 0.6 is 11.6 Å². The Bertz CT molecular complexity index is 1420. The Morgan fingerprint density at radius 1 is 0.917 bits per heavy atom. The number of halogens is 4. The van der Waals surface area contributed by atoms with Gasteiger partial charge in [0, 0.05) is 5.69 Å². The summed E-state index contributed by atoms with van der Waals surface area (Å²) in [6.07, 6.45) is -4.65. The van der Waals surface area contributed by atoms with Gasteiger partial charge in [-0.3, -0.25) is 9.59 Å². The van der Waals surface area contributed by atoms with Crippen LogP contribution in [0.25, 0.3) is 0 Å². The molecule has 0 radical (unpaired) electrons. The van der Waals surface area contributed by atoms with E-state index in [2.05, 4.69) is 5.32 Å². The summed E-state index contributed by atoms with van der Waals surface area (Å²) in [6, 6.07) is 14.9. The van der Waals surface area contributed by atoms with Crippen molar-refractivity contribution in [1.82, 2.24) is 0 Å². The fourth-order valence-corrected chi connectivity index (χ4v) is 3.66. The lowest BCUT2D eigenvalue weighted by Gasteiger charge is -2.17. The van der Waals surface area contributed by atoms with Gasteiger partial charge < -0.3 is 10.1 Å². The minimum absolute atomic E-state index is 0.235. The highest BCUT2D eigenvalue weighted by atomic mass is 35.5. The van der Waals surface area contributed by atoms with Gasteiger partial charge in [0.25, 0.3) is 11.8 Å². The Morgan fingerprint density at radius 2 is 1.61 bits per heavy atom. The lowest BCUT2D eigenvalue weighted by atomic mass is 10.1. The second-order valence-electron chi connectivity index (χ2n) is 8.02. The summed E-state index contributed by atoms with van der Waals surface area (Å²) in [5.41, 5.74) is 1.01. The molecule has 2 amide bonds. The van der Waals surface area contributed by atoms with Crippen LogP contribution in [-0.4, -0.2) is 17.8 Å². The summed E-state index contributed by atoms with van der Waals surface area (Å²) in [7, 11) is 0. The van der Waals surface area contributed by atoms with E-state index in [1.54, 1.807) is 12.1 Å². The summed E-state index contributed by atoms with van der Waals surface area (Å²) in [5, 5.41) is 2.23. The molecule has 0 spiro atoms. The van der Waals surface area contributed by atoms with Crippen molar-refractivity contribution < 1.29 is 32.3 Å². The number of hydrogen-bond donors (Lipinski definition) is 1. The molecule has 1 N–H and O–H groups in total. The summed E-state index contributed by atoms with van der Waals surface area (Å²) in [5.74, 6) is -2.07. The molecule has 36 heavy (non-hydrogen) atoms. The molecule has 0 aromatic heterocycles. The molecule has 0 saturated heterocycles. The van der Waals surface area contributed by atoms with Crippen molar-refractivity contribution in [3.8, 4) is 5.75 Å². The third-order valence-corrected chi connectivity index (χ3v) is 5.89. The van der Waals surface area contributed by atoms with Crippen LogP contribution in [0, 0.1) is 13.8 Å².